The quantitative estimate of drug-likeness (QED) is 0.603. The van der Waals surface area contributed by atoms with Crippen LogP contribution in [-0.4, -0.2) is 60.5 Å². The second-order valence-electron chi connectivity index (χ2n) is 9.38. The van der Waals surface area contributed by atoms with Crippen molar-refractivity contribution < 1.29 is 9.59 Å². The van der Waals surface area contributed by atoms with Gasteiger partial charge in [0.25, 0.3) is 5.91 Å². The summed E-state index contributed by atoms with van der Waals surface area (Å²) in [6.07, 6.45) is 5.41. The SMILES string of the molecule is CCCCc1sc2c(C3CC3)cc(N3CCN(CC(=O)NC(C)C)CC3)nc2c1C(N)=O. The lowest BCUT2D eigenvalue weighted by atomic mass is 10.1. The lowest BCUT2D eigenvalue weighted by molar-refractivity contribution is -0.122. The molecule has 4 rings (SSSR count). The van der Waals surface area contributed by atoms with E-state index in [1.807, 2.05) is 13.8 Å². The van der Waals surface area contributed by atoms with E-state index < -0.39 is 0 Å². The third-order valence-electron chi connectivity index (χ3n) is 6.26. The van der Waals surface area contributed by atoms with E-state index >= 15 is 0 Å². The molecule has 3 heterocycles. The standard InChI is InChI=1S/C24H35N5O2S/c1-4-5-6-18-21(24(25)31)22-23(32-18)17(16-7-8-16)13-19(27-22)29-11-9-28(10-12-29)14-20(30)26-15(2)3/h13,15-16H,4-12,14H2,1-3H3,(H2,25,31)(H,26,30). The van der Waals surface area contributed by atoms with Crippen LogP contribution in [0, 0.1) is 0 Å². The Balaban J connectivity index is 1.58. The number of primary amides is 1. The lowest BCUT2D eigenvalue weighted by Gasteiger charge is -2.35. The Kier molecular flexibility index (Phi) is 7.00. The number of nitrogens with zero attached hydrogens (tertiary/aromatic N) is 3. The van der Waals surface area contributed by atoms with Gasteiger partial charge in [-0.2, -0.15) is 0 Å². The molecule has 8 heteroatoms. The average molecular weight is 458 g/mol. The van der Waals surface area contributed by atoms with Crippen LogP contribution in [0.4, 0.5) is 5.82 Å². The van der Waals surface area contributed by atoms with Crippen LogP contribution in [0.2, 0.25) is 0 Å². The normalized spacial score (nSPS) is 17.3. The minimum atomic E-state index is -0.366. The number of piperazine rings is 1. The van der Waals surface area contributed by atoms with Crippen molar-refractivity contribution in [2.75, 3.05) is 37.6 Å². The van der Waals surface area contributed by atoms with Gasteiger partial charge in [0.2, 0.25) is 5.91 Å². The van der Waals surface area contributed by atoms with Gasteiger partial charge >= 0.3 is 0 Å². The second kappa shape index (κ2) is 9.75. The molecule has 2 fully saturated rings. The zero-order valence-corrected chi connectivity index (χ0v) is 20.3. The molecule has 32 heavy (non-hydrogen) atoms. The molecule has 0 spiro atoms. The number of rotatable bonds is 9. The fraction of sp³-hybridized carbons (Fsp3) is 0.625. The van der Waals surface area contributed by atoms with E-state index in [-0.39, 0.29) is 17.9 Å². The number of aromatic nitrogens is 1. The number of unbranched alkanes of at least 4 members (excludes halogenated alkanes) is 1. The van der Waals surface area contributed by atoms with E-state index in [4.69, 9.17) is 10.7 Å². The van der Waals surface area contributed by atoms with Crippen LogP contribution in [-0.2, 0) is 11.2 Å². The highest BCUT2D eigenvalue weighted by Crippen LogP contribution is 2.47. The highest BCUT2D eigenvalue weighted by Gasteiger charge is 2.31. The zero-order chi connectivity index (χ0) is 22.8. The van der Waals surface area contributed by atoms with Crippen LogP contribution in [0.3, 0.4) is 0 Å². The first-order chi connectivity index (χ1) is 15.4. The molecule has 0 bridgehead atoms. The summed E-state index contributed by atoms with van der Waals surface area (Å²) in [4.78, 5) is 35.0. The maximum atomic E-state index is 12.4. The molecule has 0 aromatic carbocycles. The molecule has 2 aliphatic rings. The minimum Gasteiger partial charge on any atom is -0.365 e. The molecule has 1 aliphatic heterocycles. The van der Waals surface area contributed by atoms with Crippen molar-refractivity contribution in [2.45, 2.75) is 64.8 Å². The maximum Gasteiger partial charge on any atom is 0.252 e. The van der Waals surface area contributed by atoms with Gasteiger partial charge in [0.05, 0.1) is 22.3 Å². The largest absolute Gasteiger partial charge is 0.365 e. The Morgan fingerprint density at radius 1 is 1.25 bits per heavy atom. The zero-order valence-electron chi connectivity index (χ0n) is 19.4. The highest BCUT2D eigenvalue weighted by molar-refractivity contribution is 7.19. The van der Waals surface area contributed by atoms with Gasteiger partial charge in [-0.3, -0.25) is 14.5 Å². The third kappa shape index (κ3) is 5.07. The van der Waals surface area contributed by atoms with E-state index in [1.54, 1.807) is 11.3 Å². The first-order valence-corrected chi connectivity index (χ1v) is 12.7. The molecule has 1 aliphatic carbocycles. The Hall–Kier alpha value is -2.19. The fourth-order valence-corrected chi connectivity index (χ4v) is 5.83. The molecule has 0 unspecified atom stereocenters. The van der Waals surface area contributed by atoms with Crippen molar-refractivity contribution in [3.05, 3.63) is 22.1 Å². The van der Waals surface area contributed by atoms with Crippen molar-refractivity contribution in [2.24, 2.45) is 5.73 Å². The summed E-state index contributed by atoms with van der Waals surface area (Å²) >= 11 is 1.72. The molecule has 1 saturated heterocycles. The van der Waals surface area contributed by atoms with E-state index in [0.717, 1.165) is 66.4 Å². The van der Waals surface area contributed by atoms with Crippen molar-refractivity contribution in [3.63, 3.8) is 0 Å². The van der Waals surface area contributed by atoms with Gasteiger partial charge in [-0.05, 0) is 57.1 Å². The number of pyridine rings is 1. The smallest absolute Gasteiger partial charge is 0.252 e. The van der Waals surface area contributed by atoms with Crippen LogP contribution >= 0.6 is 11.3 Å². The van der Waals surface area contributed by atoms with Crippen LogP contribution in [0.15, 0.2) is 6.07 Å². The molecule has 0 atom stereocenters. The van der Waals surface area contributed by atoms with Crippen molar-refractivity contribution in [3.8, 4) is 0 Å². The predicted molar refractivity (Wildman–Crippen MR) is 131 cm³/mol. The number of nitrogens with two attached hydrogens (primary N) is 1. The number of thiophene rings is 1. The number of carbonyl (C=O) groups is 2. The van der Waals surface area contributed by atoms with E-state index in [0.29, 0.717) is 18.0 Å². The lowest BCUT2D eigenvalue weighted by Crippen LogP contribution is -2.50. The summed E-state index contributed by atoms with van der Waals surface area (Å²) in [6, 6.07) is 2.40. The number of amides is 2. The molecule has 2 amide bonds. The first kappa shape index (κ1) is 23.0. The summed E-state index contributed by atoms with van der Waals surface area (Å²) in [5.41, 5.74) is 8.60. The molecule has 2 aromatic rings. The van der Waals surface area contributed by atoms with E-state index in [2.05, 4.69) is 28.1 Å². The van der Waals surface area contributed by atoms with E-state index in [1.165, 1.54) is 18.4 Å². The number of hydrogen-bond acceptors (Lipinski definition) is 6. The van der Waals surface area contributed by atoms with Crippen molar-refractivity contribution in [1.82, 2.24) is 15.2 Å². The van der Waals surface area contributed by atoms with Gasteiger partial charge in [-0.25, -0.2) is 4.98 Å². The van der Waals surface area contributed by atoms with Crippen molar-refractivity contribution in [1.29, 1.82) is 0 Å². The van der Waals surface area contributed by atoms with Gasteiger partial charge in [0.15, 0.2) is 0 Å². The summed E-state index contributed by atoms with van der Waals surface area (Å²) in [5, 5.41) is 2.96. The summed E-state index contributed by atoms with van der Waals surface area (Å²) in [6.45, 7) is 9.82. The molecule has 3 N–H and O–H groups in total. The summed E-state index contributed by atoms with van der Waals surface area (Å²) in [5.74, 6) is 1.22. The van der Waals surface area contributed by atoms with Gasteiger partial charge in [0.1, 0.15) is 5.82 Å². The topological polar surface area (TPSA) is 91.6 Å². The van der Waals surface area contributed by atoms with Gasteiger partial charge in [-0.15, -0.1) is 11.3 Å². The van der Waals surface area contributed by atoms with Crippen LogP contribution < -0.4 is 16.0 Å². The Morgan fingerprint density at radius 2 is 1.97 bits per heavy atom. The molecule has 7 nitrogen and oxygen atoms in total. The predicted octanol–water partition coefficient (Wildman–Crippen LogP) is 3.26. The minimum absolute atomic E-state index is 0.0768. The van der Waals surface area contributed by atoms with Crippen LogP contribution in [0.25, 0.3) is 10.2 Å². The summed E-state index contributed by atoms with van der Waals surface area (Å²) in [7, 11) is 0. The van der Waals surface area contributed by atoms with Gasteiger partial charge < -0.3 is 16.0 Å². The van der Waals surface area contributed by atoms with Gasteiger partial charge in [0, 0.05) is 37.1 Å². The number of carbonyl (C=O) groups excluding carboxylic acids is 2. The Labute approximate surface area is 194 Å². The molecular weight excluding hydrogens is 422 g/mol. The first-order valence-electron chi connectivity index (χ1n) is 11.9. The van der Waals surface area contributed by atoms with Crippen LogP contribution in [0.5, 0.6) is 0 Å². The Morgan fingerprint density at radius 3 is 2.56 bits per heavy atom. The monoisotopic (exact) mass is 457 g/mol. The third-order valence-corrected chi connectivity index (χ3v) is 7.55. The molecular formula is C24H35N5O2S. The number of aryl methyl sites for hydroxylation is 1. The average Bonchev–Trinajstić information content (AvgIpc) is 3.51. The second-order valence-corrected chi connectivity index (χ2v) is 10.5. The molecule has 174 valence electrons. The maximum absolute atomic E-state index is 12.4. The number of anilines is 1. The Bertz CT molecular complexity index is 990. The van der Waals surface area contributed by atoms with Gasteiger partial charge in [-0.1, -0.05) is 13.3 Å². The fourth-order valence-electron chi connectivity index (χ4n) is 4.45. The number of fused-ring (bicyclic) bond motifs is 1. The number of hydrogen-bond donors (Lipinski definition) is 2. The van der Waals surface area contributed by atoms with Crippen LogP contribution in [0.1, 0.15) is 73.2 Å². The molecule has 1 saturated carbocycles. The molecule has 2 aromatic heterocycles. The van der Waals surface area contributed by atoms with E-state index in [9.17, 15) is 9.59 Å². The number of nitrogens with one attached hydrogen (secondary N) is 1. The molecule has 0 radical (unpaired) electrons. The summed E-state index contributed by atoms with van der Waals surface area (Å²) < 4.78 is 1.15. The van der Waals surface area contributed by atoms with Crippen molar-refractivity contribution >= 4 is 39.2 Å². The highest BCUT2D eigenvalue weighted by atomic mass is 32.1.